The van der Waals surface area contributed by atoms with E-state index >= 15 is 0 Å². The Hall–Kier alpha value is 0.310. The summed E-state index contributed by atoms with van der Waals surface area (Å²) in [4.78, 5) is 0. The third kappa shape index (κ3) is 1.48. The van der Waals surface area contributed by atoms with Crippen molar-refractivity contribution in [2.75, 3.05) is 18.1 Å². The van der Waals surface area contributed by atoms with Crippen LogP contribution >= 0.6 is 11.8 Å². The van der Waals surface area contributed by atoms with Gasteiger partial charge >= 0.3 is 0 Å². The van der Waals surface area contributed by atoms with E-state index in [1.807, 2.05) is 0 Å². The van der Waals surface area contributed by atoms with Crippen LogP contribution in [0.4, 0.5) is 0 Å². The minimum absolute atomic E-state index is 0.630. The highest BCUT2D eigenvalue weighted by atomic mass is 32.2. The second-order valence-electron chi connectivity index (χ2n) is 3.25. The van der Waals surface area contributed by atoms with Crippen LogP contribution in [-0.4, -0.2) is 24.2 Å². The molecule has 0 amide bonds. The summed E-state index contributed by atoms with van der Waals surface area (Å²) in [6.07, 6.45) is 4.71. The molecule has 0 aromatic rings. The topological polar surface area (TPSA) is 9.23 Å². The van der Waals surface area contributed by atoms with Crippen molar-refractivity contribution in [1.29, 1.82) is 0 Å². The summed E-state index contributed by atoms with van der Waals surface area (Å²) < 4.78 is 5.65. The zero-order valence-electron chi connectivity index (χ0n) is 6.21. The average Bonchev–Trinajstić information content (AvgIpc) is 2.30. The lowest BCUT2D eigenvalue weighted by atomic mass is 10.1. The van der Waals surface area contributed by atoms with Crippen molar-refractivity contribution < 1.29 is 4.74 Å². The molecule has 0 N–H and O–H groups in total. The zero-order valence-corrected chi connectivity index (χ0v) is 7.03. The van der Waals surface area contributed by atoms with E-state index in [2.05, 4.69) is 11.8 Å². The molecule has 2 heteroatoms. The number of thioether (sulfide) groups is 1. The summed E-state index contributed by atoms with van der Waals surface area (Å²) in [5, 5.41) is 0. The van der Waals surface area contributed by atoms with Crippen molar-refractivity contribution in [3.8, 4) is 0 Å². The smallest absolute Gasteiger partial charge is 0.0578 e. The summed E-state index contributed by atoms with van der Waals surface area (Å²) >= 11 is 2.06. The van der Waals surface area contributed by atoms with E-state index in [-0.39, 0.29) is 0 Å². The van der Waals surface area contributed by atoms with E-state index in [0.717, 1.165) is 12.5 Å². The Morgan fingerprint density at radius 2 is 2.30 bits per heavy atom. The number of hydrogen-bond donors (Lipinski definition) is 0. The monoisotopic (exact) mass is 158 g/mol. The van der Waals surface area contributed by atoms with E-state index in [4.69, 9.17) is 4.74 Å². The first-order valence-electron chi connectivity index (χ1n) is 4.14. The van der Waals surface area contributed by atoms with Crippen molar-refractivity contribution in [1.82, 2.24) is 0 Å². The molecule has 2 rings (SSSR count). The van der Waals surface area contributed by atoms with E-state index in [9.17, 15) is 0 Å². The third-order valence-electron chi connectivity index (χ3n) is 2.43. The Bertz CT molecular complexity index is 104. The average molecular weight is 158 g/mol. The van der Waals surface area contributed by atoms with Gasteiger partial charge in [0.05, 0.1) is 12.7 Å². The minimum atomic E-state index is 0.630. The first-order chi connectivity index (χ1) is 4.95. The van der Waals surface area contributed by atoms with Gasteiger partial charge in [-0.1, -0.05) is 0 Å². The zero-order chi connectivity index (χ0) is 6.81. The van der Waals surface area contributed by atoms with Crippen LogP contribution in [0, 0.1) is 5.92 Å². The molecule has 1 saturated carbocycles. The highest BCUT2D eigenvalue weighted by Gasteiger charge is 2.26. The molecule has 1 aliphatic heterocycles. The van der Waals surface area contributed by atoms with Crippen molar-refractivity contribution in [3.63, 3.8) is 0 Å². The molecule has 2 bridgehead atoms. The first kappa shape index (κ1) is 6.99. The summed E-state index contributed by atoms with van der Waals surface area (Å²) in [6, 6.07) is 0. The van der Waals surface area contributed by atoms with Gasteiger partial charge in [-0.05, 0) is 30.9 Å². The van der Waals surface area contributed by atoms with Gasteiger partial charge in [0.25, 0.3) is 0 Å². The Morgan fingerprint density at radius 3 is 3.30 bits per heavy atom. The molecule has 0 aromatic carbocycles. The standard InChI is InChI=1S/C8H14OS/c1-2-8-5-7(1)6-10-4-3-9-8/h7-8H,1-6H2. The molecule has 58 valence electrons. The quantitative estimate of drug-likeness (QED) is 0.532. The summed E-state index contributed by atoms with van der Waals surface area (Å²) in [6.45, 7) is 0.988. The van der Waals surface area contributed by atoms with E-state index in [1.165, 1.54) is 30.8 Å². The molecule has 2 atom stereocenters. The van der Waals surface area contributed by atoms with Gasteiger partial charge in [0, 0.05) is 5.75 Å². The highest BCUT2D eigenvalue weighted by Crippen LogP contribution is 2.32. The van der Waals surface area contributed by atoms with Crippen LogP contribution in [0.2, 0.25) is 0 Å². The maximum Gasteiger partial charge on any atom is 0.0578 e. The lowest BCUT2D eigenvalue weighted by molar-refractivity contribution is 0.0669. The van der Waals surface area contributed by atoms with Gasteiger partial charge in [-0.25, -0.2) is 0 Å². The number of ether oxygens (including phenoxy) is 1. The molecule has 10 heavy (non-hydrogen) atoms. The molecule has 1 nitrogen and oxygen atoms in total. The molecular formula is C8H14OS. The van der Waals surface area contributed by atoms with Gasteiger partial charge in [-0.3, -0.25) is 0 Å². The fraction of sp³-hybridized carbons (Fsp3) is 1.00. The van der Waals surface area contributed by atoms with Crippen LogP contribution in [0.15, 0.2) is 0 Å². The van der Waals surface area contributed by atoms with E-state index in [0.29, 0.717) is 6.10 Å². The van der Waals surface area contributed by atoms with Crippen LogP contribution in [0.1, 0.15) is 19.3 Å². The molecule has 2 unspecified atom stereocenters. The minimum Gasteiger partial charge on any atom is -0.377 e. The Balaban J connectivity index is 1.91. The molecule has 1 saturated heterocycles. The number of hydrogen-bond acceptors (Lipinski definition) is 2. The Labute approximate surface area is 66.5 Å². The lowest BCUT2D eigenvalue weighted by Crippen LogP contribution is -2.14. The van der Waals surface area contributed by atoms with Gasteiger partial charge in [-0.2, -0.15) is 11.8 Å². The predicted molar refractivity (Wildman–Crippen MR) is 44.4 cm³/mol. The van der Waals surface area contributed by atoms with Crippen LogP contribution in [-0.2, 0) is 4.74 Å². The van der Waals surface area contributed by atoms with Gasteiger partial charge in [0.15, 0.2) is 0 Å². The van der Waals surface area contributed by atoms with Crippen molar-refractivity contribution in [2.45, 2.75) is 25.4 Å². The Kier molecular flexibility index (Phi) is 2.19. The summed E-state index contributed by atoms with van der Waals surface area (Å²) in [5.41, 5.74) is 0. The van der Waals surface area contributed by atoms with Crippen LogP contribution in [0.5, 0.6) is 0 Å². The molecule has 0 radical (unpaired) electrons. The fourth-order valence-electron chi connectivity index (χ4n) is 1.86. The fourth-order valence-corrected chi connectivity index (χ4v) is 2.87. The van der Waals surface area contributed by atoms with Gasteiger partial charge < -0.3 is 4.74 Å². The van der Waals surface area contributed by atoms with Gasteiger partial charge in [0.1, 0.15) is 0 Å². The Morgan fingerprint density at radius 1 is 1.30 bits per heavy atom. The molecule has 1 heterocycles. The number of fused-ring (bicyclic) bond motifs is 2. The second kappa shape index (κ2) is 3.14. The van der Waals surface area contributed by atoms with Crippen LogP contribution in [0.25, 0.3) is 0 Å². The normalized spacial score (nSPS) is 40.8. The van der Waals surface area contributed by atoms with Gasteiger partial charge in [-0.15, -0.1) is 0 Å². The summed E-state index contributed by atoms with van der Waals surface area (Å²) in [5.74, 6) is 3.59. The molecule has 0 spiro atoms. The molecule has 0 aromatic heterocycles. The van der Waals surface area contributed by atoms with Gasteiger partial charge in [0.2, 0.25) is 0 Å². The third-order valence-corrected chi connectivity index (χ3v) is 3.59. The maximum absolute atomic E-state index is 5.65. The molecule has 2 aliphatic rings. The number of rotatable bonds is 0. The maximum atomic E-state index is 5.65. The predicted octanol–water partition coefficient (Wildman–Crippen LogP) is 1.92. The summed E-state index contributed by atoms with van der Waals surface area (Å²) in [7, 11) is 0. The SMILES string of the molecule is C1CSCC2CCC(C2)O1. The van der Waals surface area contributed by atoms with Crippen molar-refractivity contribution >= 4 is 11.8 Å². The van der Waals surface area contributed by atoms with Crippen LogP contribution < -0.4 is 0 Å². The molecule has 1 aliphatic carbocycles. The molecule has 2 fully saturated rings. The second-order valence-corrected chi connectivity index (χ2v) is 4.40. The first-order valence-corrected chi connectivity index (χ1v) is 5.30. The van der Waals surface area contributed by atoms with Crippen LogP contribution in [0.3, 0.4) is 0 Å². The lowest BCUT2D eigenvalue weighted by Gasteiger charge is -2.15. The largest absolute Gasteiger partial charge is 0.377 e. The highest BCUT2D eigenvalue weighted by molar-refractivity contribution is 7.99. The molecular weight excluding hydrogens is 144 g/mol. The van der Waals surface area contributed by atoms with Crippen molar-refractivity contribution in [3.05, 3.63) is 0 Å². The van der Waals surface area contributed by atoms with E-state index < -0.39 is 0 Å². The van der Waals surface area contributed by atoms with E-state index in [1.54, 1.807) is 0 Å². The van der Waals surface area contributed by atoms with Crippen molar-refractivity contribution in [2.24, 2.45) is 5.92 Å².